The molecule has 1 rings (SSSR count). The zero-order valence-electron chi connectivity index (χ0n) is 9.23. The summed E-state index contributed by atoms with van der Waals surface area (Å²) in [7, 11) is -3.57. The van der Waals surface area contributed by atoms with Crippen LogP contribution in [-0.4, -0.2) is 20.1 Å². The van der Waals surface area contributed by atoms with Gasteiger partial charge in [-0.2, -0.15) is 0 Å². The zero-order chi connectivity index (χ0) is 13.1. The number of benzene rings is 1. The molecule has 0 atom stereocenters. The summed E-state index contributed by atoms with van der Waals surface area (Å²) in [6, 6.07) is 4.62. The van der Waals surface area contributed by atoms with E-state index in [-0.39, 0.29) is 11.3 Å². The van der Waals surface area contributed by atoms with Gasteiger partial charge in [0.05, 0.1) is 11.3 Å². The molecule has 0 saturated carbocycles. The van der Waals surface area contributed by atoms with Gasteiger partial charge in [-0.25, -0.2) is 13.1 Å². The lowest BCUT2D eigenvalue weighted by Gasteiger charge is -2.07. The van der Waals surface area contributed by atoms with Gasteiger partial charge in [0.25, 0.3) is 5.91 Å². The van der Waals surface area contributed by atoms with E-state index in [9.17, 15) is 13.2 Å². The molecule has 1 aromatic carbocycles. The van der Waals surface area contributed by atoms with E-state index in [4.69, 9.17) is 5.73 Å². The van der Waals surface area contributed by atoms with E-state index < -0.39 is 15.9 Å². The first-order chi connectivity index (χ1) is 7.85. The molecular weight excluding hydrogens is 308 g/mol. The lowest BCUT2D eigenvalue weighted by molar-refractivity contribution is 0.0980. The highest BCUT2D eigenvalue weighted by Gasteiger charge is 2.17. The lowest BCUT2D eigenvalue weighted by Crippen LogP contribution is -2.32. The monoisotopic (exact) mass is 320 g/mol. The topological polar surface area (TPSA) is 89.3 Å². The number of amides is 1. The van der Waals surface area contributed by atoms with Gasteiger partial charge in [-0.3, -0.25) is 4.79 Å². The summed E-state index contributed by atoms with van der Waals surface area (Å²) in [5.41, 5.74) is 6.13. The number of carbonyl (C=O) groups excluding carboxylic acids is 1. The summed E-state index contributed by atoms with van der Waals surface area (Å²) in [6.45, 7) is 1.72. The number of hydrogen-bond donors (Lipinski definition) is 2. The van der Waals surface area contributed by atoms with Crippen molar-refractivity contribution >= 4 is 37.5 Å². The Bertz CT molecular complexity index is 528. The van der Waals surface area contributed by atoms with E-state index in [0.29, 0.717) is 16.6 Å². The highest BCUT2D eigenvalue weighted by atomic mass is 79.9. The normalized spacial score (nSPS) is 11.2. The number of carbonyl (C=O) groups is 1. The van der Waals surface area contributed by atoms with Gasteiger partial charge in [0.2, 0.25) is 10.0 Å². The molecule has 0 spiro atoms. The molecule has 0 saturated heterocycles. The van der Waals surface area contributed by atoms with Gasteiger partial charge in [0.1, 0.15) is 0 Å². The summed E-state index contributed by atoms with van der Waals surface area (Å²) in [4.78, 5) is 11.7. The van der Waals surface area contributed by atoms with Crippen molar-refractivity contribution in [3.05, 3.63) is 28.2 Å². The second-order valence-electron chi connectivity index (χ2n) is 3.49. The van der Waals surface area contributed by atoms with Gasteiger partial charge in [-0.1, -0.05) is 6.92 Å². The van der Waals surface area contributed by atoms with Gasteiger partial charge >= 0.3 is 0 Å². The van der Waals surface area contributed by atoms with Crippen LogP contribution in [0.3, 0.4) is 0 Å². The number of rotatable bonds is 4. The second kappa shape index (κ2) is 5.50. The summed E-state index contributed by atoms with van der Waals surface area (Å²) in [5.74, 6) is -0.767. The summed E-state index contributed by atoms with van der Waals surface area (Å²) >= 11 is 3.17. The first-order valence-electron chi connectivity index (χ1n) is 4.95. The van der Waals surface area contributed by atoms with Gasteiger partial charge in [0.15, 0.2) is 0 Å². The fourth-order valence-corrected chi connectivity index (χ4v) is 2.69. The maximum absolute atomic E-state index is 11.7. The molecule has 1 amide bonds. The van der Waals surface area contributed by atoms with Crippen molar-refractivity contribution in [2.75, 3.05) is 11.5 Å². The molecule has 17 heavy (non-hydrogen) atoms. The third-order valence-corrected chi connectivity index (χ3v) is 4.09. The fourth-order valence-electron chi connectivity index (χ4n) is 1.23. The van der Waals surface area contributed by atoms with Crippen LogP contribution >= 0.6 is 15.9 Å². The quantitative estimate of drug-likeness (QED) is 0.823. The fraction of sp³-hybridized carbons (Fsp3) is 0.300. The summed E-state index contributed by atoms with van der Waals surface area (Å²) < 4.78 is 25.3. The van der Waals surface area contributed by atoms with E-state index in [1.807, 2.05) is 4.72 Å². The van der Waals surface area contributed by atoms with Crippen LogP contribution in [0.15, 0.2) is 22.7 Å². The van der Waals surface area contributed by atoms with Crippen molar-refractivity contribution in [2.45, 2.75) is 13.3 Å². The van der Waals surface area contributed by atoms with Gasteiger partial charge in [-0.05, 0) is 40.5 Å². The molecule has 0 radical (unpaired) electrons. The molecule has 0 bridgehead atoms. The molecule has 3 N–H and O–H groups in total. The molecule has 0 unspecified atom stereocenters. The Hall–Kier alpha value is -1.08. The highest BCUT2D eigenvalue weighted by Crippen LogP contribution is 2.19. The Morgan fingerprint density at radius 1 is 1.47 bits per heavy atom. The Morgan fingerprint density at radius 3 is 2.71 bits per heavy atom. The van der Waals surface area contributed by atoms with Gasteiger partial charge in [-0.15, -0.1) is 0 Å². The number of nitrogen functional groups attached to an aromatic ring is 1. The largest absolute Gasteiger partial charge is 0.399 e. The first kappa shape index (κ1) is 14.0. The lowest BCUT2D eigenvalue weighted by atomic mass is 10.2. The Balaban J connectivity index is 2.94. The molecule has 0 aliphatic rings. The number of halogens is 1. The average molecular weight is 321 g/mol. The molecule has 0 heterocycles. The minimum Gasteiger partial charge on any atom is -0.399 e. The minimum atomic E-state index is -3.57. The smallest absolute Gasteiger partial charge is 0.265 e. The number of nitrogens with two attached hydrogens (primary N) is 1. The molecule has 0 fully saturated rings. The number of sulfonamides is 1. The van der Waals surface area contributed by atoms with E-state index in [1.165, 1.54) is 6.07 Å². The molecule has 0 aliphatic heterocycles. The zero-order valence-corrected chi connectivity index (χ0v) is 11.6. The average Bonchev–Trinajstić information content (AvgIpc) is 2.20. The second-order valence-corrected chi connectivity index (χ2v) is 6.19. The molecule has 1 aromatic rings. The molecule has 0 aliphatic carbocycles. The third kappa shape index (κ3) is 4.01. The van der Waals surface area contributed by atoms with Crippen molar-refractivity contribution in [1.29, 1.82) is 0 Å². The van der Waals surface area contributed by atoms with Crippen LogP contribution in [0.1, 0.15) is 23.7 Å². The predicted molar refractivity (Wildman–Crippen MR) is 70.1 cm³/mol. The third-order valence-electron chi connectivity index (χ3n) is 1.96. The van der Waals surface area contributed by atoms with Crippen LogP contribution in [0.5, 0.6) is 0 Å². The van der Waals surface area contributed by atoms with Crippen LogP contribution in [0.25, 0.3) is 0 Å². The first-order valence-corrected chi connectivity index (χ1v) is 7.40. The van der Waals surface area contributed by atoms with E-state index >= 15 is 0 Å². The van der Waals surface area contributed by atoms with Crippen molar-refractivity contribution in [3.63, 3.8) is 0 Å². The Kier molecular flexibility index (Phi) is 4.53. The number of anilines is 1. The van der Waals surface area contributed by atoms with E-state index in [2.05, 4.69) is 15.9 Å². The highest BCUT2D eigenvalue weighted by molar-refractivity contribution is 9.10. The SMILES string of the molecule is CCCS(=O)(=O)NC(=O)c1cc(N)ccc1Br. The van der Waals surface area contributed by atoms with Crippen molar-refractivity contribution < 1.29 is 13.2 Å². The molecule has 0 aromatic heterocycles. The van der Waals surface area contributed by atoms with Crippen LogP contribution in [-0.2, 0) is 10.0 Å². The van der Waals surface area contributed by atoms with Crippen LogP contribution in [0.4, 0.5) is 5.69 Å². The molecule has 5 nitrogen and oxygen atoms in total. The maximum atomic E-state index is 11.7. The molecular formula is C10H13BrN2O3S. The molecule has 94 valence electrons. The predicted octanol–water partition coefficient (Wildman–Crippen LogP) is 1.50. The standard InChI is InChI=1S/C10H13BrN2O3S/c1-2-5-17(15,16)13-10(14)8-6-7(12)3-4-9(8)11/h3-4,6H,2,5,12H2,1H3,(H,13,14). The number of hydrogen-bond acceptors (Lipinski definition) is 4. The Labute approximate surface area is 109 Å². The summed E-state index contributed by atoms with van der Waals surface area (Å²) in [5, 5.41) is 0. The summed E-state index contributed by atoms with van der Waals surface area (Å²) in [6.07, 6.45) is 0.445. The van der Waals surface area contributed by atoms with Gasteiger partial charge < -0.3 is 5.73 Å². The van der Waals surface area contributed by atoms with Crippen molar-refractivity contribution in [2.24, 2.45) is 0 Å². The number of nitrogens with one attached hydrogen (secondary N) is 1. The van der Waals surface area contributed by atoms with Crippen LogP contribution in [0, 0.1) is 0 Å². The van der Waals surface area contributed by atoms with E-state index in [0.717, 1.165) is 0 Å². The van der Waals surface area contributed by atoms with Crippen molar-refractivity contribution in [1.82, 2.24) is 4.72 Å². The maximum Gasteiger partial charge on any atom is 0.265 e. The van der Waals surface area contributed by atoms with Crippen molar-refractivity contribution in [3.8, 4) is 0 Å². The minimum absolute atomic E-state index is 0.0846. The van der Waals surface area contributed by atoms with E-state index in [1.54, 1.807) is 19.1 Å². The van der Waals surface area contributed by atoms with Crippen LogP contribution in [0.2, 0.25) is 0 Å². The van der Waals surface area contributed by atoms with Crippen LogP contribution < -0.4 is 10.5 Å². The molecule has 7 heteroatoms. The van der Waals surface area contributed by atoms with Gasteiger partial charge in [0, 0.05) is 10.2 Å². The Morgan fingerprint density at radius 2 is 2.12 bits per heavy atom.